The monoisotopic (exact) mass is 783 g/mol. The van der Waals surface area contributed by atoms with Gasteiger partial charge >= 0.3 is 0 Å². The van der Waals surface area contributed by atoms with Crippen molar-refractivity contribution < 1.29 is 33.1 Å². The number of ether oxygens (including phenoxy) is 2. The average Bonchev–Trinajstić information content (AvgIpc) is 3.13. The number of nitrogens with one attached hydrogen (secondary N) is 4. The molecule has 0 bridgehead atoms. The van der Waals surface area contributed by atoms with Crippen LogP contribution in [0.15, 0.2) is 61.7 Å². The van der Waals surface area contributed by atoms with Crippen molar-refractivity contribution in [2.24, 2.45) is 17.8 Å². The van der Waals surface area contributed by atoms with Gasteiger partial charge in [0.15, 0.2) is 0 Å². The van der Waals surface area contributed by atoms with Crippen molar-refractivity contribution in [1.82, 2.24) is 26.4 Å². The van der Waals surface area contributed by atoms with Crippen molar-refractivity contribution in [3.8, 4) is 5.75 Å². The molecule has 2 rings (SSSR count). The fourth-order valence-electron chi connectivity index (χ4n) is 6.31. The molecule has 1 aliphatic heterocycles. The third-order valence-electron chi connectivity index (χ3n) is 10.7. The van der Waals surface area contributed by atoms with Crippen LogP contribution in [0.5, 0.6) is 5.75 Å². The Kier molecular flexibility index (Phi) is 19.0. The van der Waals surface area contributed by atoms with Crippen molar-refractivity contribution in [3.05, 3.63) is 67.3 Å². The first-order valence-electron chi connectivity index (χ1n) is 19.5. The molecule has 4 amide bonds. The van der Waals surface area contributed by atoms with Crippen LogP contribution >= 0.6 is 0 Å². The van der Waals surface area contributed by atoms with E-state index in [1.807, 2.05) is 51.1 Å². The molecule has 1 aliphatic rings. The van der Waals surface area contributed by atoms with E-state index in [1.165, 1.54) is 5.01 Å². The first-order chi connectivity index (χ1) is 25.8. The van der Waals surface area contributed by atoms with Gasteiger partial charge in [-0.2, -0.15) is 0 Å². The largest absolute Gasteiger partial charge is 0.543 e. The fourth-order valence-corrected chi connectivity index (χ4v) is 7.33. The Morgan fingerprint density at radius 3 is 2.31 bits per heavy atom. The molecule has 55 heavy (non-hydrogen) atoms. The van der Waals surface area contributed by atoms with Gasteiger partial charge in [-0.15, -0.1) is 6.58 Å². The Morgan fingerprint density at radius 1 is 1.04 bits per heavy atom. The zero-order valence-corrected chi connectivity index (χ0v) is 36.2. The molecule has 0 aliphatic carbocycles. The van der Waals surface area contributed by atoms with Gasteiger partial charge in [-0.05, 0) is 61.0 Å². The predicted molar refractivity (Wildman–Crippen MR) is 222 cm³/mol. The molecular weight excluding hydrogens is 715 g/mol. The SMILES string of the molecule is C=C/C=C/[C@H](OC)[C@H](C)[C@@H](OC)[C@@H](C)C(=O)N[C@H](C(=O)N[C@@H](Cc1cccc(O[Si](C)(C)C(C)(C)C)c1)C(=O)N1CCC[C@@H](C(=O)NCCC=C)N1)C(C)C. The van der Waals surface area contributed by atoms with Crippen LogP contribution in [0.3, 0.4) is 0 Å². The van der Waals surface area contributed by atoms with Crippen LogP contribution in [0.2, 0.25) is 18.1 Å². The van der Waals surface area contributed by atoms with Crippen molar-refractivity contribution in [2.75, 3.05) is 27.3 Å². The van der Waals surface area contributed by atoms with Gasteiger partial charge in [-0.25, -0.2) is 5.43 Å². The van der Waals surface area contributed by atoms with E-state index in [4.69, 9.17) is 13.9 Å². The highest BCUT2D eigenvalue weighted by molar-refractivity contribution is 6.74. The minimum absolute atomic E-state index is 0.0208. The lowest BCUT2D eigenvalue weighted by Crippen LogP contribution is -2.63. The Bertz CT molecular complexity index is 1480. The van der Waals surface area contributed by atoms with Crippen LogP contribution in [0.1, 0.15) is 73.3 Å². The first-order valence-corrected chi connectivity index (χ1v) is 22.4. The lowest BCUT2D eigenvalue weighted by molar-refractivity contribution is -0.144. The standard InChI is InChI=1S/C42H69N5O7Si/c1-14-16-23-35(52-10)29(5)37(53-11)30(6)38(48)45-36(28(3)4)40(50)44-34(27-31-20-18-21-32(26-31)54-55(12,13)42(7,8)9)41(51)47-25-19-22-33(46-47)39(49)43-24-17-15-2/h14-16,18,20-21,23,26,28-30,33-37,46H,1-2,17,19,22,24-25,27H2,3-13H3,(H,43,49)(H,44,50)(H,45,48)/b23-16+/t29-,30+,33-,34-,35-,36-,37+/m0/s1. The summed E-state index contributed by atoms with van der Waals surface area (Å²) < 4.78 is 18.0. The van der Waals surface area contributed by atoms with Crippen molar-refractivity contribution in [2.45, 2.75) is 123 Å². The first kappa shape index (κ1) is 47.4. The summed E-state index contributed by atoms with van der Waals surface area (Å²) in [6, 6.07) is 5.03. The molecule has 0 aromatic heterocycles. The van der Waals surface area contributed by atoms with Crippen molar-refractivity contribution in [3.63, 3.8) is 0 Å². The lowest BCUT2D eigenvalue weighted by atomic mass is 9.87. The minimum Gasteiger partial charge on any atom is -0.543 e. The summed E-state index contributed by atoms with van der Waals surface area (Å²) in [7, 11) is 0.985. The Hall–Kier alpha value is -3.78. The number of rotatable bonds is 21. The zero-order valence-electron chi connectivity index (χ0n) is 35.2. The number of methoxy groups -OCH3 is 2. The van der Waals surface area contributed by atoms with E-state index in [2.05, 4.69) is 68.4 Å². The van der Waals surface area contributed by atoms with Gasteiger partial charge in [-0.1, -0.05) is 91.5 Å². The number of nitrogens with zero attached hydrogens (tertiary/aromatic N) is 1. The average molecular weight is 784 g/mol. The van der Waals surface area contributed by atoms with E-state index in [-0.39, 0.29) is 47.1 Å². The van der Waals surface area contributed by atoms with Crippen LogP contribution in [0, 0.1) is 17.8 Å². The maximum absolute atomic E-state index is 14.4. The van der Waals surface area contributed by atoms with Gasteiger partial charge in [-0.3, -0.25) is 24.2 Å². The minimum atomic E-state index is -2.16. The van der Waals surface area contributed by atoms with Crippen LogP contribution in [-0.4, -0.2) is 94.6 Å². The number of allylic oxidation sites excluding steroid dienone is 2. The molecule has 12 nitrogen and oxygen atoms in total. The second kappa shape index (κ2) is 22.1. The summed E-state index contributed by atoms with van der Waals surface area (Å²) in [6.07, 6.45) is 8.12. The van der Waals surface area contributed by atoms with E-state index in [0.29, 0.717) is 38.1 Å². The van der Waals surface area contributed by atoms with E-state index in [0.717, 1.165) is 5.56 Å². The molecule has 0 spiro atoms. The van der Waals surface area contributed by atoms with Gasteiger partial charge in [0.25, 0.3) is 5.91 Å². The molecule has 308 valence electrons. The number of carbonyl (C=O) groups is 4. The van der Waals surface area contributed by atoms with Gasteiger partial charge in [0.05, 0.1) is 18.1 Å². The summed E-state index contributed by atoms with van der Waals surface area (Å²) in [6.45, 7) is 26.5. The van der Waals surface area contributed by atoms with Crippen molar-refractivity contribution in [1.29, 1.82) is 0 Å². The molecule has 0 radical (unpaired) electrons. The Balaban J connectivity index is 2.41. The quantitative estimate of drug-likeness (QED) is 0.0556. The van der Waals surface area contributed by atoms with E-state index >= 15 is 0 Å². The molecule has 0 saturated carbocycles. The molecule has 1 aromatic rings. The molecule has 1 aromatic carbocycles. The predicted octanol–water partition coefficient (Wildman–Crippen LogP) is 5.47. The van der Waals surface area contributed by atoms with E-state index < -0.39 is 44.4 Å². The fraction of sp³-hybridized carbons (Fsp3) is 0.619. The summed E-state index contributed by atoms with van der Waals surface area (Å²) >= 11 is 0. The topological polar surface area (TPSA) is 147 Å². The molecule has 13 heteroatoms. The van der Waals surface area contributed by atoms with Gasteiger partial charge in [0.2, 0.25) is 26.0 Å². The van der Waals surface area contributed by atoms with Gasteiger partial charge in [0.1, 0.15) is 23.9 Å². The highest BCUT2D eigenvalue weighted by Crippen LogP contribution is 2.37. The van der Waals surface area contributed by atoms with Crippen LogP contribution < -0.4 is 25.8 Å². The number of hydrogen-bond acceptors (Lipinski definition) is 8. The molecule has 0 unspecified atom stereocenters. The molecule has 1 saturated heterocycles. The summed E-state index contributed by atoms with van der Waals surface area (Å²) in [5.74, 6) is -1.91. The normalized spacial score (nSPS) is 18.4. The Morgan fingerprint density at radius 2 is 1.73 bits per heavy atom. The van der Waals surface area contributed by atoms with Crippen LogP contribution in [-0.2, 0) is 35.1 Å². The lowest BCUT2D eigenvalue weighted by Gasteiger charge is -2.37. The van der Waals surface area contributed by atoms with Crippen molar-refractivity contribution >= 4 is 31.9 Å². The molecular formula is C42H69N5O7Si. The summed E-state index contributed by atoms with van der Waals surface area (Å²) in [5.41, 5.74) is 3.90. The second-order valence-corrected chi connectivity index (χ2v) is 21.1. The molecule has 1 fully saturated rings. The smallest absolute Gasteiger partial charge is 0.259 e. The molecule has 1 heterocycles. The maximum Gasteiger partial charge on any atom is 0.259 e. The third-order valence-corrected chi connectivity index (χ3v) is 15.1. The Labute approximate surface area is 331 Å². The molecule has 4 N–H and O–H groups in total. The number of benzene rings is 1. The van der Waals surface area contributed by atoms with Crippen LogP contribution in [0.4, 0.5) is 0 Å². The summed E-state index contributed by atoms with van der Waals surface area (Å²) in [4.78, 5) is 55.3. The number of hydrazine groups is 1. The second-order valence-electron chi connectivity index (χ2n) is 16.4. The maximum atomic E-state index is 14.4. The number of amides is 4. The zero-order chi connectivity index (χ0) is 41.5. The van der Waals surface area contributed by atoms with E-state index in [9.17, 15) is 19.2 Å². The van der Waals surface area contributed by atoms with Gasteiger partial charge in [0, 0.05) is 39.6 Å². The number of hydrogen-bond donors (Lipinski definition) is 4. The highest BCUT2D eigenvalue weighted by Gasteiger charge is 2.40. The summed E-state index contributed by atoms with van der Waals surface area (Å²) in [5, 5.41) is 10.2. The third kappa shape index (κ3) is 14.0. The van der Waals surface area contributed by atoms with E-state index in [1.54, 1.807) is 39.4 Å². The molecule has 7 atom stereocenters. The number of carbonyl (C=O) groups excluding carboxylic acids is 4. The highest BCUT2D eigenvalue weighted by atomic mass is 28.4. The van der Waals surface area contributed by atoms with Gasteiger partial charge < -0.3 is 29.9 Å². The van der Waals surface area contributed by atoms with Crippen LogP contribution in [0.25, 0.3) is 0 Å².